The first-order chi connectivity index (χ1) is 8.68. The minimum absolute atomic E-state index is 0.0467. The highest BCUT2D eigenvalue weighted by Gasteiger charge is 2.35. The number of amides is 1. The molecule has 1 saturated carbocycles. The molecule has 4 nitrogen and oxygen atoms in total. The maximum Gasteiger partial charge on any atom is 0.307 e. The Morgan fingerprint density at radius 3 is 2.44 bits per heavy atom. The molecule has 5 heteroatoms. The van der Waals surface area contributed by atoms with Crippen LogP contribution in [0.15, 0.2) is 0 Å². The van der Waals surface area contributed by atoms with Crippen LogP contribution in [-0.4, -0.2) is 34.5 Å². The van der Waals surface area contributed by atoms with E-state index >= 15 is 0 Å². The summed E-state index contributed by atoms with van der Waals surface area (Å²) < 4.78 is 0. The quantitative estimate of drug-likeness (QED) is 0.819. The molecule has 1 aliphatic heterocycles. The van der Waals surface area contributed by atoms with E-state index in [0.29, 0.717) is 18.2 Å². The van der Waals surface area contributed by atoms with E-state index in [2.05, 4.69) is 5.32 Å². The van der Waals surface area contributed by atoms with Gasteiger partial charge >= 0.3 is 5.97 Å². The van der Waals surface area contributed by atoms with Crippen molar-refractivity contribution in [3.8, 4) is 0 Å². The Balaban J connectivity index is 1.83. The minimum atomic E-state index is -0.815. The lowest BCUT2D eigenvalue weighted by Gasteiger charge is -2.27. The number of carboxylic acid groups (broad SMARTS) is 1. The Morgan fingerprint density at radius 1 is 1.11 bits per heavy atom. The molecule has 1 heterocycles. The van der Waals surface area contributed by atoms with E-state index in [4.69, 9.17) is 5.11 Å². The molecule has 2 aliphatic rings. The largest absolute Gasteiger partial charge is 0.481 e. The first kappa shape index (κ1) is 13.7. The van der Waals surface area contributed by atoms with Gasteiger partial charge in [0.1, 0.15) is 0 Å². The van der Waals surface area contributed by atoms with Gasteiger partial charge in [0.2, 0.25) is 5.91 Å². The molecule has 2 rings (SSSR count). The number of thioether (sulfide) groups is 1. The fourth-order valence-electron chi connectivity index (χ4n) is 2.89. The maximum atomic E-state index is 12.1. The van der Waals surface area contributed by atoms with Gasteiger partial charge in [0.05, 0.1) is 11.8 Å². The summed E-state index contributed by atoms with van der Waals surface area (Å²) in [7, 11) is 0. The smallest absolute Gasteiger partial charge is 0.307 e. The molecule has 1 saturated heterocycles. The van der Waals surface area contributed by atoms with Crippen LogP contribution >= 0.6 is 11.8 Å². The van der Waals surface area contributed by atoms with Gasteiger partial charge in [-0.1, -0.05) is 12.8 Å². The Morgan fingerprint density at radius 2 is 1.83 bits per heavy atom. The van der Waals surface area contributed by atoms with Crippen LogP contribution in [0.3, 0.4) is 0 Å². The second-order valence-corrected chi connectivity index (χ2v) is 6.62. The van der Waals surface area contributed by atoms with Gasteiger partial charge in [0.15, 0.2) is 0 Å². The standard InChI is InChI=1S/C13H21NO3S/c15-12(14-8-9-4-3-7-18-9)10-5-1-2-6-11(10)13(16)17/h9-11H,1-8H2,(H,14,15)(H,16,17)/t9?,10-,11+/m1/s1. The molecule has 3 atom stereocenters. The van der Waals surface area contributed by atoms with Gasteiger partial charge in [0.25, 0.3) is 0 Å². The van der Waals surface area contributed by atoms with Crippen molar-refractivity contribution in [3.05, 3.63) is 0 Å². The molecular formula is C13H21NO3S. The normalized spacial score (nSPS) is 32.1. The van der Waals surface area contributed by atoms with Crippen molar-refractivity contribution in [2.45, 2.75) is 43.8 Å². The van der Waals surface area contributed by atoms with E-state index in [-0.39, 0.29) is 11.8 Å². The fraction of sp³-hybridized carbons (Fsp3) is 0.846. The van der Waals surface area contributed by atoms with Crippen molar-refractivity contribution in [2.24, 2.45) is 11.8 Å². The van der Waals surface area contributed by atoms with Crippen LogP contribution in [-0.2, 0) is 9.59 Å². The summed E-state index contributed by atoms with van der Waals surface area (Å²) >= 11 is 1.91. The van der Waals surface area contributed by atoms with Gasteiger partial charge in [-0.3, -0.25) is 9.59 Å². The van der Waals surface area contributed by atoms with Gasteiger partial charge in [-0.15, -0.1) is 0 Å². The van der Waals surface area contributed by atoms with Crippen LogP contribution in [0.4, 0.5) is 0 Å². The Labute approximate surface area is 112 Å². The molecule has 2 fully saturated rings. The van der Waals surface area contributed by atoms with E-state index in [1.54, 1.807) is 0 Å². The van der Waals surface area contributed by atoms with Crippen LogP contribution in [0.5, 0.6) is 0 Å². The highest BCUT2D eigenvalue weighted by molar-refractivity contribution is 8.00. The summed E-state index contributed by atoms with van der Waals surface area (Å²) in [6, 6.07) is 0. The zero-order valence-electron chi connectivity index (χ0n) is 10.6. The third kappa shape index (κ3) is 3.40. The second kappa shape index (κ2) is 6.45. The Hall–Kier alpha value is -0.710. The molecule has 1 aliphatic carbocycles. The number of nitrogens with one attached hydrogen (secondary N) is 1. The van der Waals surface area contributed by atoms with Gasteiger partial charge in [-0.25, -0.2) is 0 Å². The molecule has 1 unspecified atom stereocenters. The molecule has 0 aromatic rings. The molecule has 0 bridgehead atoms. The number of hydrogen-bond acceptors (Lipinski definition) is 3. The summed E-state index contributed by atoms with van der Waals surface area (Å²) in [5.41, 5.74) is 0. The second-order valence-electron chi connectivity index (χ2n) is 5.22. The zero-order chi connectivity index (χ0) is 13.0. The highest BCUT2D eigenvalue weighted by atomic mass is 32.2. The predicted octanol–water partition coefficient (Wildman–Crippen LogP) is 1.89. The summed E-state index contributed by atoms with van der Waals surface area (Å²) in [6.45, 7) is 0.701. The monoisotopic (exact) mass is 271 g/mol. The van der Waals surface area contributed by atoms with E-state index in [1.165, 1.54) is 12.2 Å². The van der Waals surface area contributed by atoms with Gasteiger partial charge < -0.3 is 10.4 Å². The molecule has 0 aromatic carbocycles. The third-order valence-electron chi connectivity index (χ3n) is 3.95. The van der Waals surface area contributed by atoms with Gasteiger partial charge in [0, 0.05) is 11.8 Å². The predicted molar refractivity (Wildman–Crippen MR) is 71.6 cm³/mol. The van der Waals surface area contributed by atoms with Crippen LogP contribution in [0.25, 0.3) is 0 Å². The minimum Gasteiger partial charge on any atom is -0.481 e. The lowest BCUT2D eigenvalue weighted by Crippen LogP contribution is -2.41. The van der Waals surface area contributed by atoms with Crippen LogP contribution in [0.1, 0.15) is 38.5 Å². The van der Waals surface area contributed by atoms with Crippen molar-refractivity contribution in [1.82, 2.24) is 5.32 Å². The molecule has 18 heavy (non-hydrogen) atoms. The van der Waals surface area contributed by atoms with Crippen molar-refractivity contribution < 1.29 is 14.7 Å². The van der Waals surface area contributed by atoms with Gasteiger partial charge in [-0.05, 0) is 31.4 Å². The van der Waals surface area contributed by atoms with Crippen molar-refractivity contribution in [3.63, 3.8) is 0 Å². The van der Waals surface area contributed by atoms with E-state index < -0.39 is 11.9 Å². The summed E-state index contributed by atoms with van der Waals surface area (Å²) in [6.07, 6.45) is 5.66. The number of hydrogen-bond donors (Lipinski definition) is 2. The summed E-state index contributed by atoms with van der Waals surface area (Å²) in [5, 5.41) is 12.6. The number of carboxylic acids is 1. The number of rotatable bonds is 4. The molecule has 0 radical (unpaired) electrons. The fourth-order valence-corrected chi connectivity index (χ4v) is 4.09. The van der Waals surface area contributed by atoms with Crippen molar-refractivity contribution >= 4 is 23.6 Å². The van der Waals surface area contributed by atoms with Crippen molar-refractivity contribution in [1.29, 1.82) is 0 Å². The van der Waals surface area contributed by atoms with E-state index in [0.717, 1.165) is 25.7 Å². The molecule has 0 spiro atoms. The average Bonchev–Trinajstić information content (AvgIpc) is 2.89. The lowest BCUT2D eigenvalue weighted by atomic mass is 9.78. The number of carbonyl (C=O) groups excluding carboxylic acids is 1. The average molecular weight is 271 g/mol. The van der Waals surface area contributed by atoms with Crippen LogP contribution in [0, 0.1) is 11.8 Å². The topological polar surface area (TPSA) is 66.4 Å². The van der Waals surface area contributed by atoms with Crippen LogP contribution < -0.4 is 5.32 Å². The maximum absolute atomic E-state index is 12.1. The summed E-state index contributed by atoms with van der Waals surface area (Å²) in [4.78, 5) is 23.2. The number of carbonyl (C=O) groups is 2. The molecule has 1 amide bonds. The molecule has 2 N–H and O–H groups in total. The van der Waals surface area contributed by atoms with Crippen LogP contribution in [0.2, 0.25) is 0 Å². The Kier molecular flexibility index (Phi) is 4.92. The number of aliphatic carboxylic acids is 1. The van der Waals surface area contributed by atoms with E-state index in [9.17, 15) is 9.59 Å². The lowest BCUT2D eigenvalue weighted by molar-refractivity contribution is -0.148. The Bertz CT molecular complexity index is 315. The highest BCUT2D eigenvalue weighted by Crippen LogP contribution is 2.31. The molecule has 0 aromatic heterocycles. The van der Waals surface area contributed by atoms with E-state index in [1.807, 2.05) is 11.8 Å². The zero-order valence-corrected chi connectivity index (χ0v) is 11.4. The van der Waals surface area contributed by atoms with Crippen molar-refractivity contribution in [2.75, 3.05) is 12.3 Å². The van der Waals surface area contributed by atoms with Gasteiger partial charge in [-0.2, -0.15) is 11.8 Å². The first-order valence-corrected chi connectivity index (χ1v) is 7.85. The third-order valence-corrected chi connectivity index (χ3v) is 5.35. The summed E-state index contributed by atoms with van der Waals surface area (Å²) in [5.74, 6) is -0.473. The SMILES string of the molecule is O=C(O)[C@H]1CCCC[C@H]1C(=O)NCC1CCCS1. The first-order valence-electron chi connectivity index (χ1n) is 6.80. The molecule has 102 valence electrons. The molecular weight excluding hydrogens is 250 g/mol.